The number of hydrogen-bond donors (Lipinski definition) is 2. The Morgan fingerprint density at radius 1 is 1.40 bits per heavy atom. The van der Waals surface area contributed by atoms with E-state index in [-0.39, 0.29) is 12.5 Å². The van der Waals surface area contributed by atoms with Gasteiger partial charge in [-0.25, -0.2) is 0 Å². The summed E-state index contributed by atoms with van der Waals surface area (Å²) in [7, 11) is 0. The number of aryl methyl sites for hydroxylation is 1. The largest absolute Gasteiger partial charge is 0.395 e. The van der Waals surface area contributed by atoms with Gasteiger partial charge in [0.25, 0.3) is 5.91 Å². The molecule has 2 N–H and O–H groups in total. The zero-order valence-electron chi connectivity index (χ0n) is 11.9. The molecule has 1 amide bonds. The molecule has 1 saturated carbocycles. The minimum atomic E-state index is -0.0282. The van der Waals surface area contributed by atoms with Gasteiger partial charge in [0.1, 0.15) is 0 Å². The van der Waals surface area contributed by atoms with Crippen LogP contribution in [-0.2, 0) is 0 Å². The second-order valence-corrected chi connectivity index (χ2v) is 5.35. The number of nitrogens with one attached hydrogen (secondary N) is 1. The van der Waals surface area contributed by atoms with E-state index in [0.29, 0.717) is 12.0 Å². The molecule has 1 aromatic rings. The molecule has 0 saturated heterocycles. The van der Waals surface area contributed by atoms with Crippen LogP contribution in [-0.4, -0.2) is 24.2 Å². The van der Waals surface area contributed by atoms with E-state index in [1.807, 2.05) is 25.1 Å². The number of carbonyl (C=O) groups excluding carboxylic acids is 1. The van der Waals surface area contributed by atoms with Gasteiger partial charge in [0.2, 0.25) is 0 Å². The summed E-state index contributed by atoms with van der Waals surface area (Å²) in [5.74, 6) is 6.65. The van der Waals surface area contributed by atoms with Gasteiger partial charge in [-0.15, -0.1) is 0 Å². The molecule has 0 aromatic heterocycles. The van der Waals surface area contributed by atoms with Crippen LogP contribution in [0.5, 0.6) is 0 Å². The van der Waals surface area contributed by atoms with Crippen molar-refractivity contribution in [1.29, 1.82) is 0 Å². The van der Waals surface area contributed by atoms with Crippen LogP contribution in [0.15, 0.2) is 18.2 Å². The number of hydrogen-bond acceptors (Lipinski definition) is 2. The first-order chi connectivity index (χ1) is 9.69. The normalized spacial score (nSPS) is 13.5. The molecular weight excluding hydrogens is 250 g/mol. The SMILES string of the molecule is Cc1cc(C#CCCO)cc(C(=O)NCCC2CC2)c1. The summed E-state index contributed by atoms with van der Waals surface area (Å²) in [6.07, 6.45) is 4.16. The molecule has 3 heteroatoms. The van der Waals surface area contributed by atoms with Crippen LogP contribution in [0, 0.1) is 24.7 Å². The highest BCUT2D eigenvalue weighted by Crippen LogP contribution is 2.31. The number of carbonyl (C=O) groups is 1. The summed E-state index contributed by atoms with van der Waals surface area (Å²) < 4.78 is 0. The molecule has 1 aliphatic rings. The van der Waals surface area contributed by atoms with Crippen molar-refractivity contribution in [3.8, 4) is 11.8 Å². The predicted octanol–water partition coefficient (Wildman–Crippen LogP) is 2.26. The summed E-state index contributed by atoms with van der Waals surface area (Å²) in [5, 5.41) is 11.7. The predicted molar refractivity (Wildman–Crippen MR) is 79.4 cm³/mol. The van der Waals surface area contributed by atoms with E-state index in [0.717, 1.165) is 30.0 Å². The third kappa shape index (κ3) is 4.71. The fraction of sp³-hybridized carbons (Fsp3) is 0.471. The van der Waals surface area contributed by atoms with Crippen molar-refractivity contribution < 1.29 is 9.90 Å². The minimum absolute atomic E-state index is 0.0282. The van der Waals surface area contributed by atoms with E-state index >= 15 is 0 Å². The molecule has 3 nitrogen and oxygen atoms in total. The Bertz CT molecular complexity index is 536. The van der Waals surface area contributed by atoms with Gasteiger partial charge < -0.3 is 10.4 Å². The molecule has 20 heavy (non-hydrogen) atoms. The first-order valence-electron chi connectivity index (χ1n) is 7.18. The molecule has 0 heterocycles. The Labute approximate surface area is 120 Å². The highest BCUT2D eigenvalue weighted by molar-refractivity contribution is 5.94. The van der Waals surface area contributed by atoms with Crippen LogP contribution in [0.25, 0.3) is 0 Å². The number of amides is 1. The van der Waals surface area contributed by atoms with E-state index in [1.165, 1.54) is 12.8 Å². The maximum absolute atomic E-state index is 12.1. The van der Waals surface area contributed by atoms with Gasteiger partial charge in [-0.2, -0.15) is 0 Å². The first kappa shape index (κ1) is 14.6. The lowest BCUT2D eigenvalue weighted by Crippen LogP contribution is -2.24. The van der Waals surface area contributed by atoms with E-state index in [9.17, 15) is 4.79 Å². The minimum Gasteiger partial charge on any atom is -0.395 e. The zero-order chi connectivity index (χ0) is 14.4. The molecule has 106 valence electrons. The molecule has 2 rings (SSSR count). The van der Waals surface area contributed by atoms with E-state index in [2.05, 4.69) is 17.2 Å². The Morgan fingerprint density at radius 3 is 2.90 bits per heavy atom. The second kappa shape index (κ2) is 7.12. The zero-order valence-corrected chi connectivity index (χ0v) is 11.9. The molecule has 0 bridgehead atoms. The maximum Gasteiger partial charge on any atom is 0.251 e. The van der Waals surface area contributed by atoms with Gasteiger partial charge in [-0.1, -0.05) is 24.7 Å². The summed E-state index contributed by atoms with van der Waals surface area (Å²) >= 11 is 0. The lowest BCUT2D eigenvalue weighted by Gasteiger charge is -2.06. The van der Waals surface area contributed by atoms with Gasteiger partial charge in [-0.3, -0.25) is 4.79 Å². The van der Waals surface area contributed by atoms with E-state index < -0.39 is 0 Å². The van der Waals surface area contributed by atoms with Crippen LogP contribution in [0.2, 0.25) is 0 Å². The highest BCUT2D eigenvalue weighted by Gasteiger charge is 2.20. The van der Waals surface area contributed by atoms with Crippen molar-refractivity contribution in [2.75, 3.05) is 13.2 Å². The fourth-order valence-electron chi connectivity index (χ4n) is 2.11. The quantitative estimate of drug-likeness (QED) is 0.807. The highest BCUT2D eigenvalue weighted by atomic mass is 16.2. The molecule has 0 aliphatic heterocycles. The number of benzene rings is 1. The summed E-state index contributed by atoms with van der Waals surface area (Å²) in [6.45, 7) is 2.77. The third-order valence-electron chi connectivity index (χ3n) is 3.34. The summed E-state index contributed by atoms with van der Waals surface area (Å²) in [4.78, 5) is 12.1. The summed E-state index contributed by atoms with van der Waals surface area (Å²) in [6, 6.07) is 5.64. The van der Waals surface area contributed by atoms with Gasteiger partial charge in [0.05, 0.1) is 6.61 Å². The van der Waals surface area contributed by atoms with E-state index in [4.69, 9.17) is 5.11 Å². The Morgan fingerprint density at radius 2 is 2.20 bits per heavy atom. The number of aliphatic hydroxyl groups is 1. The van der Waals surface area contributed by atoms with Gasteiger partial charge >= 0.3 is 0 Å². The van der Waals surface area contributed by atoms with Crippen LogP contribution in [0.4, 0.5) is 0 Å². The molecule has 0 spiro atoms. The van der Waals surface area contributed by atoms with Gasteiger partial charge in [-0.05, 0) is 43.0 Å². The lowest BCUT2D eigenvalue weighted by molar-refractivity contribution is 0.0952. The molecule has 0 radical (unpaired) electrons. The van der Waals surface area contributed by atoms with Crippen molar-refractivity contribution in [2.24, 2.45) is 5.92 Å². The fourth-order valence-corrected chi connectivity index (χ4v) is 2.11. The van der Waals surface area contributed by atoms with Gasteiger partial charge in [0.15, 0.2) is 0 Å². The van der Waals surface area contributed by atoms with Crippen molar-refractivity contribution in [3.63, 3.8) is 0 Å². The van der Waals surface area contributed by atoms with Crippen molar-refractivity contribution in [2.45, 2.75) is 32.6 Å². The number of rotatable bonds is 5. The number of aliphatic hydroxyl groups excluding tert-OH is 1. The average Bonchev–Trinajstić information content (AvgIpc) is 3.22. The molecule has 0 unspecified atom stereocenters. The molecule has 0 atom stereocenters. The summed E-state index contributed by atoms with van der Waals surface area (Å²) in [5.41, 5.74) is 2.51. The van der Waals surface area contributed by atoms with Crippen molar-refractivity contribution in [1.82, 2.24) is 5.32 Å². The molecule has 1 aliphatic carbocycles. The van der Waals surface area contributed by atoms with Crippen LogP contribution in [0.3, 0.4) is 0 Å². The maximum atomic E-state index is 12.1. The first-order valence-corrected chi connectivity index (χ1v) is 7.18. The topological polar surface area (TPSA) is 49.3 Å². The average molecular weight is 271 g/mol. The monoisotopic (exact) mass is 271 g/mol. The Kier molecular flexibility index (Phi) is 5.20. The second-order valence-electron chi connectivity index (χ2n) is 5.35. The lowest BCUT2D eigenvalue weighted by atomic mass is 10.1. The van der Waals surface area contributed by atoms with Crippen molar-refractivity contribution >= 4 is 5.91 Å². The smallest absolute Gasteiger partial charge is 0.251 e. The Hall–Kier alpha value is -1.79. The van der Waals surface area contributed by atoms with Gasteiger partial charge in [0, 0.05) is 24.1 Å². The van der Waals surface area contributed by atoms with Crippen molar-refractivity contribution in [3.05, 3.63) is 34.9 Å². The molecular formula is C17H21NO2. The Balaban J connectivity index is 1.98. The standard InChI is InChI=1S/C17H21NO2/c1-13-10-15(4-2-3-9-19)12-16(11-13)17(20)18-8-7-14-5-6-14/h10-12,14,19H,3,5-9H2,1H3,(H,18,20). The third-order valence-corrected chi connectivity index (χ3v) is 3.34. The van der Waals surface area contributed by atoms with Crippen LogP contribution >= 0.6 is 0 Å². The molecule has 1 fully saturated rings. The van der Waals surface area contributed by atoms with Crippen LogP contribution < -0.4 is 5.32 Å². The van der Waals surface area contributed by atoms with E-state index in [1.54, 1.807) is 0 Å². The molecule has 1 aromatic carbocycles. The van der Waals surface area contributed by atoms with Crippen LogP contribution in [0.1, 0.15) is 47.2 Å².